The molecule has 58 valence electrons. The fourth-order valence-electron chi connectivity index (χ4n) is 0.898. The summed E-state index contributed by atoms with van der Waals surface area (Å²) in [4.78, 5) is 1.28. The maximum atomic E-state index is 6.83. The molecule has 1 aromatic rings. The molecule has 0 amide bonds. The van der Waals surface area contributed by atoms with E-state index in [0.717, 1.165) is 0 Å². The van der Waals surface area contributed by atoms with Gasteiger partial charge >= 0.3 is 0 Å². The van der Waals surface area contributed by atoms with Gasteiger partial charge < -0.3 is 5.41 Å². The fourth-order valence-corrected chi connectivity index (χ4v) is 1.66. The van der Waals surface area contributed by atoms with E-state index in [1.165, 1.54) is 16.8 Å². The zero-order chi connectivity index (χ0) is 8.27. The predicted molar refractivity (Wildman–Crippen MR) is 48.0 cm³/mol. The highest BCUT2D eigenvalue weighted by molar-refractivity contribution is 7.09. The van der Waals surface area contributed by atoms with Crippen LogP contribution in [0.3, 0.4) is 0 Å². The predicted octanol–water partition coefficient (Wildman–Crippen LogP) is 1.54. The number of nitrogens with zero attached hydrogens (tertiary/aromatic N) is 1. The smallest absolute Gasteiger partial charge is 0.225 e. The van der Waals surface area contributed by atoms with Crippen LogP contribution in [0.25, 0.3) is 6.08 Å². The van der Waals surface area contributed by atoms with Gasteiger partial charge in [-0.1, -0.05) is 11.3 Å². The molecule has 0 unspecified atom stereocenters. The third-order valence-corrected chi connectivity index (χ3v) is 2.46. The summed E-state index contributed by atoms with van der Waals surface area (Å²) in [5.41, 5.74) is 3.23. The minimum absolute atomic E-state index is 1.18. The van der Waals surface area contributed by atoms with E-state index in [2.05, 4.69) is 17.0 Å². The van der Waals surface area contributed by atoms with Crippen LogP contribution in [0.5, 0.6) is 0 Å². The van der Waals surface area contributed by atoms with E-state index >= 15 is 0 Å². The first kappa shape index (κ1) is 8.14. The summed E-state index contributed by atoms with van der Waals surface area (Å²) in [7, 11) is 2.01. The third kappa shape index (κ3) is 1.74. The summed E-state index contributed by atoms with van der Waals surface area (Å²) >= 11 is 1.72. The van der Waals surface area contributed by atoms with Gasteiger partial charge in [-0.05, 0) is 13.0 Å². The molecule has 0 aromatic carbocycles. The third-order valence-electron chi connectivity index (χ3n) is 1.48. The van der Waals surface area contributed by atoms with Gasteiger partial charge in [-0.25, -0.2) is 0 Å². The summed E-state index contributed by atoms with van der Waals surface area (Å²) in [6, 6.07) is 0. The quantitative estimate of drug-likeness (QED) is 0.511. The van der Waals surface area contributed by atoms with Crippen molar-refractivity contribution in [1.82, 2.24) is 0 Å². The van der Waals surface area contributed by atoms with Crippen LogP contribution in [-0.4, -0.2) is 6.21 Å². The van der Waals surface area contributed by atoms with Crippen molar-refractivity contribution in [2.45, 2.75) is 6.92 Å². The largest absolute Gasteiger partial charge is 0.309 e. The van der Waals surface area contributed by atoms with Crippen LogP contribution >= 0.6 is 11.3 Å². The molecule has 2 nitrogen and oxygen atoms in total. The van der Waals surface area contributed by atoms with Crippen LogP contribution in [0, 0.1) is 12.3 Å². The molecule has 1 heterocycles. The van der Waals surface area contributed by atoms with E-state index in [-0.39, 0.29) is 0 Å². The summed E-state index contributed by atoms with van der Waals surface area (Å²) < 4.78 is 2.06. The molecule has 0 radical (unpaired) electrons. The number of hydrogen-bond acceptors (Lipinski definition) is 2. The maximum absolute atomic E-state index is 6.83. The van der Waals surface area contributed by atoms with Crippen molar-refractivity contribution in [2.75, 3.05) is 0 Å². The molecule has 0 aliphatic carbocycles. The molecule has 0 saturated heterocycles. The number of thiazole rings is 1. The lowest BCUT2D eigenvalue weighted by Gasteiger charge is -1.83. The molecule has 0 aliphatic heterocycles. The molecule has 0 spiro atoms. The summed E-state index contributed by atoms with van der Waals surface area (Å²) in [5.74, 6) is 0. The van der Waals surface area contributed by atoms with Gasteiger partial charge in [-0.15, -0.1) is 0 Å². The van der Waals surface area contributed by atoms with Gasteiger partial charge in [-0.2, -0.15) is 4.57 Å². The molecule has 0 aliphatic rings. The van der Waals surface area contributed by atoms with E-state index < -0.39 is 0 Å². The highest BCUT2D eigenvalue weighted by atomic mass is 32.1. The highest BCUT2D eigenvalue weighted by Gasteiger charge is 2.07. The van der Waals surface area contributed by atoms with E-state index in [9.17, 15) is 0 Å². The van der Waals surface area contributed by atoms with Crippen molar-refractivity contribution >= 4 is 23.6 Å². The van der Waals surface area contributed by atoms with Crippen molar-refractivity contribution in [1.29, 1.82) is 5.41 Å². The average molecular weight is 167 g/mol. The average Bonchev–Trinajstić information content (AvgIpc) is 2.29. The summed E-state index contributed by atoms with van der Waals surface area (Å²) in [6.07, 6.45) is 4.96. The summed E-state index contributed by atoms with van der Waals surface area (Å²) in [6.45, 7) is 2.08. The number of aromatic nitrogens is 1. The SMILES string of the molecule is Cc1sc[n+](C)c1C=CC=N. The lowest BCUT2D eigenvalue weighted by molar-refractivity contribution is -0.668. The van der Waals surface area contributed by atoms with E-state index in [4.69, 9.17) is 5.41 Å². The lowest BCUT2D eigenvalue weighted by Crippen LogP contribution is -2.27. The Kier molecular flexibility index (Phi) is 2.54. The van der Waals surface area contributed by atoms with Crippen LogP contribution in [0.4, 0.5) is 0 Å². The Morgan fingerprint density at radius 2 is 2.36 bits per heavy atom. The van der Waals surface area contributed by atoms with Crippen LogP contribution in [0.1, 0.15) is 10.6 Å². The Bertz CT molecular complexity index is 267. The minimum atomic E-state index is 1.18. The Morgan fingerprint density at radius 1 is 1.64 bits per heavy atom. The lowest BCUT2D eigenvalue weighted by atomic mass is 10.3. The Balaban J connectivity index is 3.00. The van der Waals surface area contributed by atoms with Gasteiger partial charge in [0.15, 0.2) is 0 Å². The van der Waals surface area contributed by atoms with E-state index in [1.807, 2.05) is 13.1 Å². The molecule has 0 saturated carbocycles. The van der Waals surface area contributed by atoms with E-state index in [0.29, 0.717) is 0 Å². The molecule has 1 aromatic heterocycles. The van der Waals surface area contributed by atoms with Gasteiger partial charge in [0.05, 0.1) is 4.88 Å². The van der Waals surface area contributed by atoms with Gasteiger partial charge in [-0.3, -0.25) is 0 Å². The fraction of sp³-hybridized carbons (Fsp3) is 0.250. The van der Waals surface area contributed by atoms with Gasteiger partial charge in [0, 0.05) is 12.3 Å². The van der Waals surface area contributed by atoms with Crippen molar-refractivity contribution in [3.63, 3.8) is 0 Å². The first-order chi connectivity index (χ1) is 5.25. The van der Waals surface area contributed by atoms with Crippen molar-refractivity contribution in [3.8, 4) is 0 Å². The topological polar surface area (TPSA) is 27.7 Å². The molecule has 3 heteroatoms. The van der Waals surface area contributed by atoms with Crippen LogP contribution in [0.2, 0.25) is 0 Å². The summed E-state index contributed by atoms with van der Waals surface area (Å²) in [5, 5.41) is 6.83. The van der Waals surface area contributed by atoms with Crippen LogP contribution in [0.15, 0.2) is 11.6 Å². The monoisotopic (exact) mass is 167 g/mol. The molecule has 0 atom stereocenters. The minimum Gasteiger partial charge on any atom is -0.309 e. The first-order valence-corrected chi connectivity index (χ1v) is 4.24. The molecule has 0 bridgehead atoms. The normalized spacial score (nSPS) is 10.7. The second-order valence-electron chi connectivity index (χ2n) is 2.30. The van der Waals surface area contributed by atoms with Gasteiger partial charge in [0.25, 0.3) is 0 Å². The highest BCUT2D eigenvalue weighted by Crippen LogP contribution is 2.09. The van der Waals surface area contributed by atoms with Crippen molar-refractivity contribution in [2.24, 2.45) is 7.05 Å². The van der Waals surface area contributed by atoms with Gasteiger partial charge in [0.2, 0.25) is 11.2 Å². The van der Waals surface area contributed by atoms with E-state index in [1.54, 1.807) is 17.4 Å². The number of hydrogen-bond donors (Lipinski definition) is 1. The molecule has 1 rings (SSSR count). The molecular formula is C8H11N2S+. The second-order valence-corrected chi connectivity index (χ2v) is 3.36. The zero-order valence-electron chi connectivity index (χ0n) is 6.66. The van der Waals surface area contributed by atoms with Gasteiger partial charge in [0.1, 0.15) is 7.05 Å². The Labute approximate surface area is 70.3 Å². The molecule has 0 fully saturated rings. The standard InChI is InChI=1S/C8H11N2S/c1-7-8(4-3-5-9)10(2)6-11-7/h3-6,9H,1-2H3/q+1. The zero-order valence-corrected chi connectivity index (χ0v) is 7.48. The number of rotatable bonds is 2. The molecule has 1 N–H and O–H groups in total. The second kappa shape index (κ2) is 3.44. The number of allylic oxidation sites excluding steroid dienone is 1. The van der Waals surface area contributed by atoms with Crippen molar-refractivity contribution < 1.29 is 4.57 Å². The first-order valence-electron chi connectivity index (χ1n) is 3.36. The maximum Gasteiger partial charge on any atom is 0.225 e. The molecular weight excluding hydrogens is 156 g/mol. The van der Waals surface area contributed by atoms with Crippen LogP contribution in [-0.2, 0) is 7.05 Å². The Hall–Kier alpha value is -0.960. The molecule has 11 heavy (non-hydrogen) atoms. The van der Waals surface area contributed by atoms with Crippen LogP contribution < -0.4 is 4.57 Å². The Morgan fingerprint density at radius 3 is 2.82 bits per heavy atom. The number of aryl methyl sites for hydroxylation is 2. The van der Waals surface area contributed by atoms with Crippen molar-refractivity contribution in [3.05, 3.63) is 22.2 Å². The number of nitrogens with one attached hydrogen (secondary N) is 1.